The molecule has 150 valence electrons. The number of hydrogen-bond donors (Lipinski definition) is 1. The van der Waals surface area contributed by atoms with Gasteiger partial charge in [0.15, 0.2) is 0 Å². The molecule has 0 aliphatic rings. The molecule has 2 aromatic rings. The molecule has 0 bridgehead atoms. The van der Waals surface area contributed by atoms with Crippen molar-refractivity contribution in [1.82, 2.24) is 10.2 Å². The van der Waals surface area contributed by atoms with Crippen molar-refractivity contribution in [3.05, 3.63) is 71.3 Å². The molecule has 0 fully saturated rings. The van der Waals surface area contributed by atoms with E-state index in [2.05, 4.69) is 11.4 Å². The zero-order chi connectivity index (χ0) is 20.5. The standard InChI is InChI=1S/C24H32N2O2/c1-5-19(4)25-24(28)22(16-20-12-8-7-9-13-20)26(23(27)6-2)17-21-14-10-11-18(3)15-21/h7-15,19,22H,5-6,16-17H2,1-4H3,(H,25,28)/t19-,22+/m0/s1. The van der Waals surface area contributed by atoms with E-state index in [9.17, 15) is 9.59 Å². The molecule has 0 saturated heterocycles. The molecule has 0 aromatic heterocycles. The summed E-state index contributed by atoms with van der Waals surface area (Å²) >= 11 is 0. The lowest BCUT2D eigenvalue weighted by atomic mass is 10.0. The fourth-order valence-corrected chi connectivity index (χ4v) is 3.21. The highest BCUT2D eigenvalue weighted by atomic mass is 16.2. The average molecular weight is 381 g/mol. The normalized spacial score (nSPS) is 12.9. The van der Waals surface area contributed by atoms with Crippen molar-refractivity contribution in [3.63, 3.8) is 0 Å². The molecule has 0 heterocycles. The molecule has 0 aliphatic heterocycles. The molecule has 2 atom stereocenters. The van der Waals surface area contributed by atoms with Crippen molar-refractivity contribution in [2.45, 2.75) is 65.6 Å². The van der Waals surface area contributed by atoms with Gasteiger partial charge in [0.25, 0.3) is 0 Å². The summed E-state index contributed by atoms with van der Waals surface area (Å²) in [5.41, 5.74) is 3.23. The van der Waals surface area contributed by atoms with Gasteiger partial charge in [-0.25, -0.2) is 0 Å². The van der Waals surface area contributed by atoms with Gasteiger partial charge in [-0.3, -0.25) is 9.59 Å². The van der Waals surface area contributed by atoms with Gasteiger partial charge in [0.2, 0.25) is 11.8 Å². The Hall–Kier alpha value is -2.62. The van der Waals surface area contributed by atoms with Crippen LogP contribution in [0.1, 0.15) is 50.3 Å². The maximum absolute atomic E-state index is 13.1. The van der Waals surface area contributed by atoms with E-state index in [0.29, 0.717) is 19.4 Å². The number of benzene rings is 2. The molecular weight excluding hydrogens is 348 g/mol. The maximum Gasteiger partial charge on any atom is 0.243 e. The van der Waals surface area contributed by atoms with Gasteiger partial charge in [-0.1, -0.05) is 74.0 Å². The Kier molecular flexibility index (Phi) is 8.24. The summed E-state index contributed by atoms with van der Waals surface area (Å²) in [6.07, 6.45) is 1.72. The van der Waals surface area contributed by atoms with Crippen LogP contribution in [0.2, 0.25) is 0 Å². The third-order valence-corrected chi connectivity index (χ3v) is 5.01. The minimum absolute atomic E-state index is 0.0123. The van der Waals surface area contributed by atoms with Crippen LogP contribution < -0.4 is 5.32 Å². The molecule has 4 heteroatoms. The minimum Gasteiger partial charge on any atom is -0.352 e. The fourth-order valence-electron chi connectivity index (χ4n) is 3.21. The van der Waals surface area contributed by atoms with E-state index in [1.807, 2.05) is 76.2 Å². The lowest BCUT2D eigenvalue weighted by Crippen LogP contribution is -2.52. The van der Waals surface area contributed by atoms with Crippen LogP contribution in [0.25, 0.3) is 0 Å². The largest absolute Gasteiger partial charge is 0.352 e. The van der Waals surface area contributed by atoms with Crippen LogP contribution in [0, 0.1) is 6.92 Å². The van der Waals surface area contributed by atoms with Gasteiger partial charge < -0.3 is 10.2 Å². The first kappa shape index (κ1) is 21.7. The van der Waals surface area contributed by atoms with Crippen LogP contribution in [0.4, 0.5) is 0 Å². The van der Waals surface area contributed by atoms with Gasteiger partial charge in [0.05, 0.1) is 0 Å². The zero-order valence-corrected chi connectivity index (χ0v) is 17.4. The van der Waals surface area contributed by atoms with Crippen LogP contribution in [0.3, 0.4) is 0 Å². The van der Waals surface area contributed by atoms with Gasteiger partial charge in [-0.2, -0.15) is 0 Å². The lowest BCUT2D eigenvalue weighted by Gasteiger charge is -2.32. The molecule has 0 radical (unpaired) electrons. The highest BCUT2D eigenvalue weighted by molar-refractivity contribution is 5.88. The number of carbonyl (C=O) groups excluding carboxylic acids is 2. The first-order valence-electron chi connectivity index (χ1n) is 10.1. The van der Waals surface area contributed by atoms with Gasteiger partial charge in [0, 0.05) is 25.4 Å². The molecular formula is C24H32N2O2. The number of amides is 2. The Bertz CT molecular complexity index is 773. The number of nitrogens with zero attached hydrogens (tertiary/aromatic N) is 1. The number of hydrogen-bond acceptors (Lipinski definition) is 2. The van der Waals surface area contributed by atoms with Gasteiger partial charge in [0.1, 0.15) is 6.04 Å². The molecule has 2 rings (SSSR count). The Morgan fingerprint density at radius 3 is 2.29 bits per heavy atom. The predicted molar refractivity (Wildman–Crippen MR) is 114 cm³/mol. The summed E-state index contributed by atoms with van der Waals surface area (Å²) in [5, 5.41) is 3.07. The third kappa shape index (κ3) is 6.22. The Labute approximate surface area is 169 Å². The Morgan fingerprint density at radius 1 is 1.00 bits per heavy atom. The van der Waals surface area contributed by atoms with E-state index < -0.39 is 6.04 Å². The van der Waals surface area contributed by atoms with Gasteiger partial charge in [-0.15, -0.1) is 0 Å². The van der Waals surface area contributed by atoms with Crippen molar-refractivity contribution >= 4 is 11.8 Å². The monoisotopic (exact) mass is 380 g/mol. The van der Waals surface area contributed by atoms with E-state index in [1.54, 1.807) is 4.90 Å². The Balaban J connectivity index is 2.35. The molecule has 4 nitrogen and oxygen atoms in total. The second kappa shape index (κ2) is 10.6. The molecule has 0 saturated carbocycles. The number of carbonyl (C=O) groups is 2. The molecule has 0 aliphatic carbocycles. The van der Waals surface area contributed by atoms with Crippen molar-refractivity contribution in [2.75, 3.05) is 0 Å². The minimum atomic E-state index is -0.538. The maximum atomic E-state index is 13.1. The third-order valence-electron chi connectivity index (χ3n) is 5.01. The summed E-state index contributed by atoms with van der Waals surface area (Å²) < 4.78 is 0. The SMILES string of the molecule is CCC(=O)N(Cc1cccc(C)c1)[C@H](Cc1ccccc1)C(=O)N[C@@H](C)CC. The highest BCUT2D eigenvalue weighted by Crippen LogP contribution is 2.16. The molecule has 28 heavy (non-hydrogen) atoms. The smallest absolute Gasteiger partial charge is 0.243 e. The summed E-state index contributed by atoms with van der Waals surface area (Å²) in [6, 6.07) is 17.5. The summed E-state index contributed by atoms with van der Waals surface area (Å²) in [7, 11) is 0. The molecule has 0 unspecified atom stereocenters. The molecule has 0 spiro atoms. The zero-order valence-electron chi connectivity index (χ0n) is 17.4. The van der Waals surface area contributed by atoms with Gasteiger partial charge in [-0.05, 0) is 31.4 Å². The summed E-state index contributed by atoms with van der Waals surface area (Å²) in [4.78, 5) is 27.7. The Morgan fingerprint density at radius 2 is 1.68 bits per heavy atom. The van der Waals surface area contributed by atoms with E-state index >= 15 is 0 Å². The van der Waals surface area contributed by atoms with Crippen LogP contribution >= 0.6 is 0 Å². The summed E-state index contributed by atoms with van der Waals surface area (Å²) in [6.45, 7) is 8.34. The van der Waals surface area contributed by atoms with E-state index in [-0.39, 0.29) is 17.9 Å². The first-order valence-corrected chi connectivity index (χ1v) is 10.1. The van der Waals surface area contributed by atoms with E-state index in [1.165, 1.54) is 0 Å². The topological polar surface area (TPSA) is 49.4 Å². The second-order valence-corrected chi connectivity index (χ2v) is 7.39. The van der Waals surface area contributed by atoms with Crippen LogP contribution in [0.15, 0.2) is 54.6 Å². The lowest BCUT2D eigenvalue weighted by molar-refractivity contribution is -0.141. The second-order valence-electron chi connectivity index (χ2n) is 7.39. The number of nitrogens with one attached hydrogen (secondary N) is 1. The highest BCUT2D eigenvalue weighted by Gasteiger charge is 2.30. The van der Waals surface area contributed by atoms with Crippen molar-refractivity contribution < 1.29 is 9.59 Å². The van der Waals surface area contributed by atoms with Gasteiger partial charge >= 0.3 is 0 Å². The quantitative estimate of drug-likeness (QED) is 0.707. The average Bonchev–Trinajstić information content (AvgIpc) is 2.70. The number of rotatable bonds is 9. The predicted octanol–water partition coefficient (Wildman–Crippen LogP) is 4.26. The number of aryl methyl sites for hydroxylation is 1. The molecule has 1 N–H and O–H groups in total. The van der Waals surface area contributed by atoms with Crippen LogP contribution in [-0.4, -0.2) is 28.8 Å². The van der Waals surface area contributed by atoms with E-state index in [4.69, 9.17) is 0 Å². The molecule has 2 amide bonds. The summed E-state index contributed by atoms with van der Waals surface area (Å²) in [5.74, 6) is -0.102. The molecule has 2 aromatic carbocycles. The first-order chi connectivity index (χ1) is 13.4. The van der Waals surface area contributed by atoms with E-state index in [0.717, 1.165) is 23.1 Å². The van der Waals surface area contributed by atoms with Crippen molar-refractivity contribution in [1.29, 1.82) is 0 Å². The van der Waals surface area contributed by atoms with Crippen molar-refractivity contribution in [3.8, 4) is 0 Å². The van der Waals surface area contributed by atoms with Crippen molar-refractivity contribution in [2.24, 2.45) is 0 Å². The fraction of sp³-hybridized carbons (Fsp3) is 0.417. The van der Waals surface area contributed by atoms with Crippen LogP contribution in [0.5, 0.6) is 0 Å². The van der Waals surface area contributed by atoms with Crippen LogP contribution in [-0.2, 0) is 22.6 Å².